The molecular weight excluding hydrogens is 116 g/mol. The SMILES string of the molecule is C=C[CH]OOCCCC. The molecule has 0 unspecified atom stereocenters. The number of hydrogen-bond acceptors (Lipinski definition) is 2. The van der Waals surface area contributed by atoms with Crippen molar-refractivity contribution in [3.05, 3.63) is 19.3 Å². The van der Waals surface area contributed by atoms with Gasteiger partial charge >= 0.3 is 0 Å². The Morgan fingerprint density at radius 2 is 2.33 bits per heavy atom. The second kappa shape index (κ2) is 7.66. The fourth-order valence-electron chi connectivity index (χ4n) is 0.330. The van der Waals surface area contributed by atoms with Crippen molar-refractivity contribution < 1.29 is 9.78 Å². The summed E-state index contributed by atoms with van der Waals surface area (Å²) >= 11 is 0. The maximum Gasteiger partial charge on any atom is 0.144 e. The Morgan fingerprint density at radius 1 is 1.56 bits per heavy atom. The first-order valence-electron chi connectivity index (χ1n) is 3.14. The fourth-order valence-corrected chi connectivity index (χ4v) is 0.330. The number of unbranched alkanes of at least 4 members (excludes halogenated alkanes) is 1. The summed E-state index contributed by atoms with van der Waals surface area (Å²) in [5, 5.41) is 0. The van der Waals surface area contributed by atoms with Crippen LogP contribution in [0.3, 0.4) is 0 Å². The van der Waals surface area contributed by atoms with Gasteiger partial charge in [0.05, 0.1) is 6.61 Å². The molecule has 0 atom stereocenters. The van der Waals surface area contributed by atoms with Gasteiger partial charge in [-0.2, -0.15) is 0 Å². The summed E-state index contributed by atoms with van der Waals surface area (Å²) in [6.07, 6.45) is 3.69. The molecule has 0 aliphatic carbocycles. The molecule has 0 heterocycles. The molecule has 0 saturated carbocycles. The lowest BCUT2D eigenvalue weighted by atomic mass is 10.4. The van der Waals surface area contributed by atoms with Crippen molar-refractivity contribution in [2.45, 2.75) is 19.8 Å². The highest BCUT2D eigenvalue weighted by Gasteiger charge is 1.83. The van der Waals surface area contributed by atoms with Gasteiger partial charge in [0, 0.05) is 0 Å². The van der Waals surface area contributed by atoms with Crippen LogP contribution in [-0.2, 0) is 9.78 Å². The topological polar surface area (TPSA) is 18.5 Å². The largest absolute Gasteiger partial charge is 0.236 e. The molecule has 0 aromatic rings. The van der Waals surface area contributed by atoms with Gasteiger partial charge in [-0.1, -0.05) is 19.4 Å². The van der Waals surface area contributed by atoms with Crippen LogP contribution in [0.15, 0.2) is 12.7 Å². The molecule has 0 aliphatic rings. The third-order valence-corrected chi connectivity index (χ3v) is 0.801. The first-order chi connectivity index (χ1) is 4.41. The van der Waals surface area contributed by atoms with Crippen LogP contribution in [-0.4, -0.2) is 6.61 Å². The average molecular weight is 129 g/mol. The maximum absolute atomic E-state index is 4.69. The number of hydrogen-bond donors (Lipinski definition) is 0. The van der Waals surface area contributed by atoms with Crippen molar-refractivity contribution in [1.29, 1.82) is 0 Å². The standard InChI is InChI=1S/C7H13O2/c1-3-5-7-9-8-6-4-2/h4,6H,2-3,5,7H2,1H3. The Morgan fingerprint density at radius 3 is 2.89 bits per heavy atom. The smallest absolute Gasteiger partial charge is 0.144 e. The van der Waals surface area contributed by atoms with Crippen LogP contribution in [0.25, 0.3) is 0 Å². The van der Waals surface area contributed by atoms with Crippen molar-refractivity contribution >= 4 is 0 Å². The predicted octanol–water partition coefficient (Wildman–Crippen LogP) is 2.08. The van der Waals surface area contributed by atoms with E-state index in [4.69, 9.17) is 0 Å². The Labute approximate surface area is 56.4 Å². The minimum atomic E-state index is 0.654. The van der Waals surface area contributed by atoms with E-state index < -0.39 is 0 Å². The minimum absolute atomic E-state index is 0.654. The van der Waals surface area contributed by atoms with E-state index >= 15 is 0 Å². The highest BCUT2D eigenvalue weighted by molar-refractivity contribution is 4.75. The van der Waals surface area contributed by atoms with Crippen molar-refractivity contribution in [1.82, 2.24) is 0 Å². The molecule has 53 valence electrons. The van der Waals surface area contributed by atoms with E-state index in [1.165, 1.54) is 12.7 Å². The molecule has 1 radical (unpaired) electrons. The molecule has 0 amide bonds. The summed E-state index contributed by atoms with van der Waals surface area (Å²) in [6.45, 7) is 7.58. The summed E-state index contributed by atoms with van der Waals surface area (Å²) in [6, 6.07) is 0. The molecule has 0 N–H and O–H groups in total. The predicted molar refractivity (Wildman–Crippen MR) is 36.4 cm³/mol. The van der Waals surface area contributed by atoms with Gasteiger partial charge in [0.1, 0.15) is 6.61 Å². The minimum Gasteiger partial charge on any atom is -0.236 e. The third-order valence-electron chi connectivity index (χ3n) is 0.801. The van der Waals surface area contributed by atoms with Crippen LogP contribution in [0.2, 0.25) is 0 Å². The van der Waals surface area contributed by atoms with Gasteiger partial charge in [0.15, 0.2) is 0 Å². The van der Waals surface area contributed by atoms with Crippen LogP contribution in [0.5, 0.6) is 0 Å². The Balaban J connectivity index is 2.66. The van der Waals surface area contributed by atoms with Crippen LogP contribution in [0.4, 0.5) is 0 Å². The molecule has 0 rings (SSSR count). The van der Waals surface area contributed by atoms with Gasteiger partial charge < -0.3 is 0 Å². The molecule has 0 aliphatic heterocycles. The molecule has 2 nitrogen and oxygen atoms in total. The summed E-state index contributed by atoms with van der Waals surface area (Å²) in [7, 11) is 0. The lowest BCUT2D eigenvalue weighted by molar-refractivity contribution is -0.263. The molecule has 0 saturated heterocycles. The molecule has 2 heteroatoms. The van der Waals surface area contributed by atoms with Crippen LogP contribution < -0.4 is 0 Å². The molecule has 0 fully saturated rings. The van der Waals surface area contributed by atoms with Crippen molar-refractivity contribution in [3.63, 3.8) is 0 Å². The van der Waals surface area contributed by atoms with E-state index in [-0.39, 0.29) is 0 Å². The zero-order valence-corrected chi connectivity index (χ0v) is 5.80. The summed E-state index contributed by atoms with van der Waals surface area (Å²) in [5.41, 5.74) is 0. The third kappa shape index (κ3) is 7.66. The van der Waals surface area contributed by atoms with Gasteiger partial charge in [-0.25, -0.2) is 9.78 Å². The lowest BCUT2D eigenvalue weighted by Gasteiger charge is -1.97. The van der Waals surface area contributed by atoms with E-state index in [2.05, 4.69) is 23.3 Å². The lowest BCUT2D eigenvalue weighted by Crippen LogP contribution is -1.92. The Kier molecular flexibility index (Phi) is 7.37. The zero-order valence-electron chi connectivity index (χ0n) is 5.80. The Bertz CT molecular complexity index is 61.9. The van der Waals surface area contributed by atoms with E-state index in [0.717, 1.165) is 12.8 Å². The molecule has 9 heavy (non-hydrogen) atoms. The second-order valence-electron chi connectivity index (χ2n) is 1.64. The van der Waals surface area contributed by atoms with E-state index in [0.29, 0.717) is 6.61 Å². The molecule has 0 spiro atoms. The van der Waals surface area contributed by atoms with Gasteiger partial charge in [0.25, 0.3) is 0 Å². The van der Waals surface area contributed by atoms with Gasteiger partial charge in [-0.05, 0) is 6.42 Å². The number of rotatable bonds is 6. The second-order valence-corrected chi connectivity index (χ2v) is 1.64. The molecular formula is C7H13O2. The Hall–Kier alpha value is -0.340. The quantitative estimate of drug-likeness (QED) is 0.310. The van der Waals surface area contributed by atoms with E-state index in [1.54, 1.807) is 0 Å². The van der Waals surface area contributed by atoms with Crippen molar-refractivity contribution in [3.8, 4) is 0 Å². The maximum atomic E-state index is 4.69. The van der Waals surface area contributed by atoms with Crippen LogP contribution in [0, 0.1) is 6.61 Å². The summed E-state index contributed by atoms with van der Waals surface area (Å²) in [4.78, 5) is 9.23. The zero-order chi connectivity index (χ0) is 6.95. The molecule has 0 aromatic carbocycles. The van der Waals surface area contributed by atoms with Gasteiger partial charge in [0.2, 0.25) is 0 Å². The van der Waals surface area contributed by atoms with Gasteiger partial charge in [-0.3, -0.25) is 0 Å². The first-order valence-corrected chi connectivity index (χ1v) is 3.14. The first kappa shape index (κ1) is 8.66. The van der Waals surface area contributed by atoms with E-state index in [9.17, 15) is 0 Å². The van der Waals surface area contributed by atoms with Gasteiger partial charge in [-0.15, -0.1) is 6.58 Å². The van der Waals surface area contributed by atoms with Crippen molar-refractivity contribution in [2.75, 3.05) is 6.61 Å². The summed E-state index contributed by atoms with van der Waals surface area (Å²) < 4.78 is 0. The van der Waals surface area contributed by atoms with Crippen molar-refractivity contribution in [2.24, 2.45) is 0 Å². The van der Waals surface area contributed by atoms with Crippen LogP contribution in [0.1, 0.15) is 19.8 Å². The molecule has 0 bridgehead atoms. The average Bonchev–Trinajstić information content (AvgIpc) is 1.89. The highest BCUT2D eigenvalue weighted by Crippen LogP contribution is 1.90. The normalized spacial score (nSPS) is 9.44. The highest BCUT2D eigenvalue weighted by atomic mass is 17.2. The monoisotopic (exact) mass is 129 g/mol. The molecule has 0 aromatic heterocycles. The summed E-state index contributed by atoms with van der Waals surface area (Å²) in [5.74, 6) is 0. The van der Waals surface area contributed by atoms with E-state index in [1.807, 2.05) is 0 Å². The fraction of sp³-hybridized carbons (Fsp3) is 0.571. The van der Waals surface area contributed by atoms with Crippen LogP contribution >= 0.6 is 0 Å².